The first kappa shape index (κ1) is 50.7. The third-order valence-electron chi connectivity index (χ3n) is 19.6. The van der Waals surface area contributed by atoms with E-state index in [2.05, 4.69) is 267 Å². The van der Waals surface area contributed by atoms with Crippen molar-refractivity contribution in [3.63, 3.8) is 0 Å². The van der Waals surface area contributed by atoms with Crippen molar-refractivity contribution in [2.24, 2.45) is 0 Å². The fraction of sp³-hybridized carbons (Fsp3) is 0. The Hall–Kier alpha value is -12.3. The number of aromatic nitrogens is 5. The van der Waals surface area contributed by atoms with Crippen LogP contribution in [0.5, 0.6) is 0 Å². The highest BCUT2D eigenvalue weighted by molar-refractivity contribution is 6.32. The normalized spacial score (nSPS) is 12.1. The molecule has 0 N–H and O–H groups in total. The number of hydrogen-bond donors (Lipinski definition) is 0. The fourth-order valence-corrected chi connectivity index (χ4v) is 15.4. The topological polar surface area (TPSA) is 64.5 Å². The summed E-state index contributed by atoms with van der Waals surface area (Å²) in [7, 11) is 0. The molecule has 422 valence electrons. The molecule has 5 heteroatoms. The number of rotatable bonds is 7. The quantitative estimate of drug-likeness (QED) is 0.149. The summed E-state index contributed by atoms with van der Waals surface area (Å²) in [5.41, 5.74) is 20.6. The van der Waals surface area contributed by atoms with Crippen molar-refractivity contribution < 1.29 is 0 Å². The van der Waals surface area contributed by atoms with Gasteiger partial charge in [0.15, 0.2) is 23.3 Å². The van der Waals surface area contributed by atoms with Gasteiger partial charge in [0.05, 0.1) is 5.69 Å². The molecule has 2 aliphatic carbocycles. The van der Waals surface area contributed by atoms with E-state index in [9.17, 15) is 0 Å². The lowest BCUT2D eigenvalue weighted by Crippen LogP contribution is -2.00. The van der Waals surface area contributed by atoms with Crippen LogP contribution in [0.3, 0.4) is 0 Å². The molecule has 0 radical (unpaired) electrons. The van der Waals surface area contributed by atoms with Gasteiger partial charge in [-0.1, -0.05) is 231 Å². The van der Waals surface area contributed by atoms with Crippen molar-refractivity contribution in [2.45, 2.75) is 0 Å². The zero-order valence-corrected chi connectivity index (χ0v) is 49.5. The first-order chi connectivity index (χ1) is 45.6. The summed E-state index contributed by atoms with van der Waals surface area (Å²) >= 11 is 0. The molecular formula is C87H49N5. The van der Waals surface area contributed by atoms with Crippen LogP contribution >= 0.6 is 0 Å². The molecule has 20 rings (SSSR count). The first-order valence-corrected chi connectivity index (χ1v) is 31.4. The number of fused-ring (bicyclic) bond motifs is 16. The Bertz CT molecular complexity index is 6180. The van der Waals surface area contributed by atoms with Crippen LogP contribution in [0.2, 0.25) is 0 Å². The van der Waals surface area contributed by atoms with Crippen molar-refractivity contribution in [3.8, 4) is 124 Å². The maximum atomic E-state index is 5.39. The largest absolute Gasteiger partial charge is 0.237 e. The molecule has 0 saturated heterocycles. The van der Waals surface area contributed by atoms with Crippen molar-refractivity contribution >= 4 is 86.2 Å². The predicted molar refractivity (Wildman–Crippen MR) is 382 cm³/mol. The predicted octanol–water partition coefficient (Wildman–Crippen LogP) is 22.9. The Morgan fingerprint density at radius 3 is 1.45 bits per heavy atom. The van der Waals surface area contributed by atoms with Gasteiger partial charge >= 0.3 is 0 Å². The van der Waals surface area contributed by atoms with E-state index < -0.39 is 0 Å². The lowest BCUT2D eigenvalue weighted by atomic mass is 9.90. The van der Waals surface area contributed by atoms with E-state index in [1.807, 2.05) is 30.5 Å². The zero-order valence-electron chi connectivity index (χ0n) is 49.5. The van der Waals surface area contributed by atoms with Gasteiger partial charge in [-0.2, -0.15) is 0 Å². The van der Waals surface area contributed by atoms with Crippen molar-refractivity contribution in [2.75, 3.05) is 0 Å². The summed E-state index contributed by atoms with van der Waals surface area (Å²) in [6.45, 7) is 0. The Balaban J connectivity index is 0.654. The Labute approximate surface area is 528 Å². The van der Waals surface area contributed by atoms with E-state index in [0.29, 0.717) is 23.3 Å². The summed E-state index contributed by atoms with van der Waals surface area (Å²) in [5.74, 6) is 2.62. The molecule has 0 aliphatic heterocycles. The second-order valence-electron chi connectivity index (χ2n) is 24.6. The van der Waals surface area contributed by atoms with Crippen LogP contribution in [0.15, 0.2) is 297 Å². The first-order valence-electron chi connectivity index (χ1n) is 31.4. The number of hydrogen-bond acceptors (Lipinski definition) is 5. The molecule has 16 aromatic carbocycles. The monoisotopic (exact) mass is 1160 g/mol. The van der Waals surface area contributed by atoms with Crippen LogP contribution < -0.4 is 0 Å². The van der Waals surface area contributed by atoms with Gasteiger partial charge in [0.2, 0.25) is 0 Å². The second-order valence-corrected chi connectivity index (χ2v) is 24.6. The Morgan fingerprint density at radius 2 is 0.674 bits per heavy atom. The van der Waals surface area contributed by atoms with Gasteiger partial charge in [-0.05, 0) is 208 Å². The highest BCUT2D eigenvalue weighted by Gasteiger charge is 2.30. The van der Waals surface area contributed by atoms with Crippen LogP contribution in [-0.2, 0) is 0 Å². The van der Waals surface area contributed by atoms with E-state index in [-0.39, 0.29) is 0 Å². The van der Waals surface area contributed by atoms with Crippen molar-refractivity contribution in [3.05, 3.63) is 297 Å². The summed E-state index contributed by atoms with van der Waals surface area (Å²) in [4.78, 5) is 26.3. The SMILES string of the molecule is c1ccc(-c2ccc3c(-c4ccnc(-c5ccc6c7c(cc8ccccc8c57)-c5cc7ccc(-c8ccc9cc(-c%10nc(-c%11ccccc%11)nc(-c%11ccc%12c%13c(cccc%11%13)-c%11c-%12c%12ccccc%12c%12ccccc%11%12)n%10)ccc9c8)cc7cc5-6)n4)cccc3c2)cc1. The molecule has 2 aliphatic rings. The van der Waals surface area contributed by atoms with E-state index in [0.717, 1.165) is 66.2 Å². The van der Waals surface area contributed by atoms with Gasteiger partial charge in [0.1, 0.15) is 0 Å². The Morgan fingerprint density at radius 1 is 0.185 bits per heavy atom. The van der Waals surface area contributed by atoms with E-state index in [4.69, 9.17) is 24.9 Å². The van der Waals surface area contributed by atoms with Crippen LogP contribution in [0.1, 0.15) is 0 Å². The average Bonchev–Trinajstić information content (AvgIpc) is 1.54. The standard InChI is InChI=1S/C87H49N5/c1-3-15-50(16-4-1)52-35-36-62-58(44-52)20-13-26-66(62)78-41-42-88-86(89-78)74-40-37-70-75-49-61-46-56(31-32-57(61)47-76(75)77-48-59-19-7-8-21-63(59)80(74)83(70)77)53-29-30-55-45-60(34-33-54(55)43-53)85-90-84(51-17-5-2-6-18-51)91-87(92-85)71-38-39-73-79-69(71)27-14-28-72(79)81-67-24-11-9-22-64(67)65-23-10-12-25-68(65)82(73)81/h1-49H. The minimum Gasteiger partial charge on any atom is -0.237 e. The molecule has 0 atom stereocenters. The zero-order chi connectivity index (χ0) is 60.1. The lowest BCUT2D eigenvalue weighted by molar-refractivity contribution is 1.08. The van der Waals surface area contributed by atoms with Gasteiger partial charge in [-0.25, -0.2) is 24.9 Å². The maximum Gasteiger partial charge on any atom is 0.164 e. The minimum atomic E-state index is 0.630. The molecule has 0 unspecified atom stereocenters. The van der Waals surface area contributed by atoms with E-state index in [1.54, 1.807) is 0 Å². The molecule has 0 bridgehead atoms. The number of benzene rings is 16. The molecular weight excluding hydrogens is 1110 g/mol. The van der Waals surface area contributed by atoms with Gasteiger partial charge in [0.25, 0.3) is 0 Å². The van der Waals surface area contributed by atoms with Gasteiger partial charge in [-0.15, -0.1) is 0 Å². The van der Waals surface area contributed by atoms with Crippen molar-refractivity contribution in [1.82, 2.24) is 24.9 Å². The molecule has 0 spiro atoms. The molecule has 2 aromatic heterocycles. The highest BCUT2D eigenvalue weighted by atomic mass is 15.0. The molecule has 0 saturated carbocycles. The average molecular weight is 1160 g/mol. The van der Waals surface area contributed by atoms with Gasteiger partial charge in [-0.3, -0.25) is 0 Å². The lowest BCUT2D eigenvalue weighted by Gasteiger charge is -2.13. The Kier molecular flexibility index (Phi) is 10.8. The third-order valence-corrected chi connectivity index (χ3v) is 19.6. The van der Waals surface area contributed by atoms with Gasteiger partial charge < -0.3 is 0 Å². The fourth-order valence-electron chi connectivity index (χ4n) is 15.4. The summed E-state index contributed by atoms with van der Waals surface area (Å²) < 4.78 is 0. The van der Waals surface area contributed by atoms with Crippen LogP contribution in [0, 0.1) is 0 Å². The van der Waals surface area contributed by atoms with Crippen molar-refractivity contribution in [1.29, 1.82) is 0 Å². The summed E-state index contributed by atoms with van der Waals surface area (Å²) in [5, 5.41) is 19.2. The molecule has 0 amide bonds. The molecule has 0 fully saturated rings. The summed E-state index contributed by atoms with van der Waals surface area (Å²) in [6, 6.07) is 106. The van der Waals surface area contributed by atoms with Gasteiger partial charge in [0, 0.05) is 39.4 Å². The van der Waals surface area contributed by atoms with E-state index >= 15 is 0 Å². The molecule has 18 aromatic rings. The smallest absolute Gasteiger partial charge is 0.164 e. The molecule has 5 nitrogen and oxygen atoms in total. The highest BCUT2D eigenvalue weighted by Crippen LogP contribution is 2.56. The van der Waals surface area contributed by atoms with Crippen LogP contribution in [-0.4, -0.2) is 24.9 Å². The summed E-state index contributed by atoms with van der Waals surface area (Å²) in [6.07, 6.45) is 1.91. The maximum absolute atomic E-state index is 5.39. The molecule has 2 heterocycles. The number of nitrogens with zero attached hydrogens (tertiary/aromatic N) is 5. The van der Waals surface area contributed by atoms with Crippen LogP contribution in [0.25, 0.3) is 210 Å². The second kappa shape index (κ2) is 19.6. The minimum absolute atomic E-state index is 0.630. The molecule has 92 heavy (non-hydrogen) atoms. The third kappa shape index (κ3) is 7.63. The van der Waals surface area contributed by atoms with E-state index in [1.165, 1.54) is 120 Å². The van der Waals surface area contributed by atoms with Crippen LogP contribution in [0.4, 0.5) is 0 Å².